The zero-order valence-electron chi connectivity index (χ0n) is 8.33. The Hall–Kier alpha value is -2.06. The molecular weight excluding hydrogens is 188 g/mol. The SMILES string of the molecule is CC(N=[N+]=[N-])c1cnc2ccccc2c1. The zero-order valence-corrected chi connectivity index (χ0v) is 8.33. The van der Waals surface area contributed by atoms with Gasteiger partial charge in [0.25, 0.3) is 0 Å². The minimum absolute atomic E-state index is 0.174. The minimum Gasteiger partial charge on any atom is -0.256 e. The quantitative estimate of drug-likeness (QED) is 0.413. The second kappa shape index (κ2) is 3.98. The Balaban J connectivity index is 2.51. The van der Waals surface area contributed by atoms with E-state index >= 15 is 0 Å². The van der Waals surface area contributed by atoms with Gasteiger partial charge in [0.1, 0.15) is 0 Å². The Kier molecular flexibility index (Phi) is 2.52. The summed E-state index contributed by atoms with van der Waals surface area (Å²) in [6.07, 6.45) is 1.75. The smallest absolute Gasteiger partial charge is 0.0702 e. The van der Waals surface area contributed by atoms with Crippen LogP contribution in [0.15, 0.2) is 41.6 Å². The highest BCUT2D eigenvalue weighted by molar-refractivity contribution is 5.78. The number of rotatable bonds is 2. The van der Waals surface area contributed by atoms with Crippen LogP contribution in [0, 0.1) is 0 Å². The second-order valence-corrected chi connectivity index (χ2v) is 3.34. The van der Waals surface area contributed by atoms with Crippen LogP contribution < -0.4 is 0 Å². The van der Waals surface area contributed by atoms with Gasteiger partial charge in [0, 0.05) is 16.5 Å². The molecular formula is C11H10N4. The Bertz CT molecular complexity index is 529. The van der Waals surface area contributed by atoms with E-state index in [0.717, 1.165) is 16.5 Å². The number of pyridine rings is 1. The molecule has 0 saturated carbocycles. The summed E-state index contributed by atoms with van der Waals surface area (Å²) in [6.45, 7) is 1.85. The number of hydrogen-bond acceptors (Lipinski definition) is 2. The normalized spacial score (nSPS) is 12.1. The molecule has 1 unspecified atom stereocenters. The monoisotopic (exact) mass is 198 g/mol. The maximum Gasteiger partial charge on any atom is 0.0702 e. The van der Waals surface area contributed by atoms with Crippen molar-refractivity contribution < 1.29 is 0 Å². The highest BCUT2D eigenvalue weighted by Gasteiger charge is 2.03. The topological polar surface area (TPSA) is 61.7 Å². The van der Waals surface area contributed by atoms with E-state index < -0.39 is 0 Å². The highest BCUT2D eigenvalue weighted by Crippen LogP contribution is 2.20. The predicted molar refractivity (Wildman–Crippen MR) is 59.3 cm³/mol. The van der Waals surface area contributed by atoms with E-state index in [9.17, 15) is 0 Å². The van der Waals surface area contributed by atoms with Crippen LogP contribution in [-0.4, -0.2) is 4.98 Å². The van der Waals surface area contributed by atoms with E-state index in [2.05, 4.69) is 15.0 Å². The van der Waals surface area contributed by atoms with Crippen molar-refractivity contribution in [1.82, 2.24) is 4.98 Å². The van der Waals surface area contributed by atoms with Gasteiger partial charge in [-0.25, -0.2) is 0 Å². The molecule has 1 aromatic heterocycles. The van der Waals surface area contributed by atoms with Gasteiger partial charge >= 0.3 is 0 Å². The first-order chi connectivity index (χ1) is 7.31. The number of azide groups is 1. The second-order valence-electron chi connectivity index (χ2n) is 3.34. The molecule has 0 radical (unpaired) electrons. The standard InChI is InChI=1S/C11H10N4/c1-8(14-15-12)10-6-9-4-2-3-5-11(9)13-7-10/h2-8H,1H3. The van der Waals surface area contributed by atoms with Crippen molar-refractivity contribution in [2.24, 2.45) is 5.11 Å². The molecule has 0 N–H and O–H groups in total. The fourth-order valence-electron chi connectivity index (χ4n) is 1.46. The van der Waals surface area contributed by atoms with Crippen molar-refractivity contribution >= 4 is 10.9 Å². The third-order valence-electron chi connectivity index (χ3n) is 2.32. The number of fused-ring (bicyclic) bond motifs is 1. The Morgan fingerprint density at radius 2 is 2.20 bits per heavy atom. The summed E-state index contributed by atoms with van der Waals surface area (Å²) in [5.74, 6) is 0. The third-order valence-corrected chi connectivity index (χ3v) is 2.32. The lowest BCUT2D eigenvalue weighted by Crippen LogP contribution is -1.90. The molecule has 2 aromatic rings. The molecule has 1 heterocycles. The van der Waals surface area contributed by atoms with Crippen LogP contribution in [-0.2, 0) is 0 Å². The predicted octanol–water partition coefficient (Wildman–Crippen LogP) is 3.61. The lowest BCUT2D eigenvalue weighted by atomic mass is 10.1. The summed E-state index contributed by atoms with van der Waals surface area (Å²) < 4.78 is 0. The lowest BCUT2D eigenvalue weighted by molar-refractivity contribution is 0.804. The molecule has 0 amide bonds. The summed E-state index contributed by atoms with van der Waals surface area (Å²) in [5, 5.41) is 4.71. The van der Waals surface area contributed by atoms with Gasteiger partial charge in [0.15, 0.2) is 0 Å². The first-order valence-electron chi connectivity index (χ1n) is 4.70. The van der Waals surface area contributed by atoms with Gasteiger partial charge in [-0.15, -0.1) is 0 Å². The molecule has 74 valence electrons. The number of hydrogen-bond donors (Lipinski definition) is 0. The average molecular weight is 198 g/mol. The first-order valence-corrected chi connectivity index (χ1v) is 4.70. The average Bonchev–Trinajstić information content (AvgIpc) is 2.29. The summed E-state index contributed by atoms with van der Waals surface area (Å²) in [5.41, 5.74) is 10.2. The molecule has 4 nitrogen and oxygen atoms in total. The molecule has 0 bridgehead atoms. The molecule has 1 aromatic carbocycles. The Morgan fingerprint density at radius 1 is 1.40 bits per heavy atom. The van der Waals surface area contributed by atoms with Crippen molar-refractivity contribution in [3.05, 3.63) is 52.5 Å². The van der Waals surface area contributed by atoms with Gasteiger partial charge in [-0.3, -0.25) is 4.98 Å². The van der Waals surface area contributed by atoms with Crippen LogP contribution in [0.1, 0.15) is 18.5 Å². The van der Waals surface area contributed by atoms with Crippen molar-refractivity contribution in [2.75, 3.05) is 0 Å². The van der Waals surface area contributed by atoms with Gasteiger partial charge in [-0.2, -0.15) is 0 Å². The van der Waals surface area contributed by atoms with Crippen LogP contribution in [0.4, 0.5) is 0 Å². The number of benzene rings is 1. The molecule has 1 atom stereocenters. The van der Waals surface area contributed by atoms with Gasteiger partial charge in [-0.05, 0) is 23.2 Å². The van der Waals surface area contributed by atoms with Crippen molar-refractivity contribution in [3.63, 3.8) is 0 Å². The maximum atomic E-state index is 8.35. The Labute approximate surface area is 87.2 Å². The molecule has 0 spiro atoms. The lowest BCUT2D eigenvalue weighted by Gasteiger charge is -2.05. The van der Waals surface area contributed by atoms with Crippen LogP contribution in [0.3, 0.4) is 0 Å². The van der Waals surface area contributed by atoms with Crippen LogP contribution in [0.25, 0.3) is 21.3 Å². The van der Waals surface area contributed by atoms with E-state index in [-0.39, 0.29) is 6.04 Å². The van der Waals surface area contributed by atoms with Crippen molar-refractivity contribution in [2.45, 2.75) is 13.0 Å². The van der Waals surface area contributed by atoms with Gasteiger partial charge in [0.2, 0.25) is 0 Å². The zero-order chi connectivity index (χ0) is 10.7. The van der Waals surface area contributed by atoms with Crippen LogP contribution >= 0.6 is 0 Å². The largest absolute Gasteiger partial charge is 0.256 e. The molecule has 0 aliphatic carbocycles. The Morgan fingerprint density at radius 3 is 3.00 bits per heavy atom. The van der Waals surface area contributed by atoms with Gasteiger partial charge in [0.05, 0.1) is 11.6 Å². The summed E-state index contributed by atoms with van der Waals surface area (Å²) in [7, 11) is 0. The molecule has 2 rings (SSSR count). The molecule has 0 aliphatic rings. The van der Waals surface area contributed by atoms with Crippen LogP contribution in [0.5, 0.6) is 0 Å². The fraction of sp³-hybridized carbons (Fsp3) is 0.182. The number of para-hydroxylation sites is 1. The summed E-state index contributed by atoms with van der Waals surface area (Å²) in [6, 6.07) is 9.69. The third kappa shape index (κ3) is 1.90. The molecule has 0 saturated heterocycles. The summed E-state index contributed by atoms with van der Waals surface area (Å²) >= 11 is 0. The van der Waals surface area contributed by atoms with Crippen LogP contribution in [0.2, 0.25) is 0 Å². The maximum absolute atomic E-state index is 8.35. The van der Waals surface area contributed by atoms with E-state index in [1.807, 2.05) is 37.3 Å². The highest BCUT2D eigenvalue weighted by atomic mass is 15.1. The van der Waals surface area contributed by atoms with Gasteiger partial charge in [-0.1, -0.05) is 30.2 Å². The molecule has 15 heavy (non-hydrogen) atoms. The van der Waals surface area contributed by atoms with Crippen molar-refractivity contribution in [3.8, 4) is 0 Å². The minimum atomic E-state index is -0.174. The van der Waals surface area contributed by atoms with E-state index in [0.29, 0.717) is 0 Å². The molecule has 0 fully saturated rings. The van der Waals surface area contributed by atoms with E-state index in [1.54, 1.807) is 6.20 Å². The van der Waals surface area contributed by atoms with E-state index in [1.165, 1.54) is 0 Å². The van der Waals surface area contributed by atoms with Crippen molar-refractivity contribution in [1.29, 1.82) is 0 Å². The molecule has 4 heteroatoms. The number of nitrogens with zero attached hydrogens (tertiary/aromatic N) is 4. The summed E-state index contributed by atoms with van der Waals surface area (Å²) in [4.78, 5) is 7.09. The molecule has 0 aliphatic heterocycles. The van der Waals surface area contributed by atoms with Gasteiger partial charge < -0.3 is 0 Å². The fourth-order valence-corrected chi connectivity index (χ4v) is 1.46. The van der Waals surface area contributed by atoms with E-state index in [4.69, 9.17) is 5.53 Å². The first kappa shape index (κ1) is 9.49. The number of aromatic nitrogens is 1.